The fraction of sp³-hybridized carbons (Fsp3) is 0.353. The molecule has 0 saturated carbocycles. The number of carboxylic acids is 1. The maximum Gasteiger partial charge on any atom is 0.371 e. The molecule has 0 aliphatic rings. The highest BCUT2D eigenvalue weighted by molar-refractivity contribution is 5.84. The zero-order valence-electron chi connectivity index (χ0n) is 12.6. The quantitative estimate of drug-likeness (QED) is 0.876. The van der Waals surface area contributed by atoms with Crippen LogP contribution in [0.1, 0.15) is 48.7 Å². The molecule has 0 aliphatic carbocycles. The van der Waals surface area contributed by atoms with Gasteiger partial charge in [0.1, 0.15) is 5.76 Å². The number of furan rings is 1. The average Bonchev–Trinajstić information content (AvgIpc) is 2.88. The molecule has 0 spiro atoms. The van der Waals surface area contributed by atoms with E-state index in [1.165, 1.54) is 11.6 Å². The van der Waals surface area contributed by atoms with E-state index in [1.807, 2.05) is 18.2 Å². The van der Waals surface area contributed by atoms with E-state index in [-0.39, 0.29) is 17.2 Å². The average molecular weight is 287 g/mol. The van der Waals surface area contributed by atoms with Gasteiger partial charge in [-0.15, -0.1) is 0 Å². The van der Waals surface area contributed by atoms with Gasteiger partial charge in [0.05, 0.1) is 6.54 Å². The van der Waals surface area contributed by atoms with Crippen LogP contribution in [0.3, 0.4) is 0 Å². The van der Waals surface area contributed by atoms with Crippen molar-refractivity contribution in [3.05, 3.63) is 59.5 Å². The predicted molar refractivity (Wildman–Crippen MR) is 81.1 cm³/mol. The Balaban J connectivity index is 2.11. The molecule has 0 amide bonds. The normalized spacial score (nSPS) is 13.1. The Hall–Kier alpha value is -2.07. The molecule has 2 rings (SSSR count). The van der Waals surface area contributed by atoms with Crippen molar-refractivity contribution in [2.75, 3.05) is 0 Å². The third-order valence-corrected chi connectivity index (χ3v) is 3.35. The molecule has 4 heteroatoms. The summed E-state index contributed by atoms with van der Waals surface area (Å²) in [6.45, 7) is 7.00. The second-order valence-corrected chi connectivity index (χ2v) is 6.16. The lowest BCUT2D eigenvalue weighted by molar-refractivity contribution is 0.0659. The topological polar surface area (TPSA) is 62.5 Å². The van der Waals surface area contributed by atoms with Gasteiger partial charge in [0.15, 0.2) is 0 Å². The third kappa shape index (κ3) is 3.95. The van der Waals surface area contributed by atoms with Crippen LogP contribution in [-0.2, 0) is 6.54 Å². The number of hydrogen-bond donors (Lipinski definition) is 2. The van der Waals surface area contributed by atoms with Crippen LogP contribution in [0.25, 0.3) is 0 Å². The Morgan fingerprint density at radius 3 is 2.38 bits per heavy atom. The highest BCUT2D eigenvalue weighted by atomic mass is 16.4. The molecule has 112 valence electrons. The maximum atomic E-state index is 10.8. The second kappa shape index (κ2) is 6.14. The summed E-state index contributed by atoms with van der Waals surface area (Å²) in [7, 11) is 0. The first-order valence-corrected chi connectivity index (χ1v) is 6.98. The Bertz CT molecular complexity index is 596. The van der Waals surface area contributed by atoms with Gasteiger partial charge >= 0.3 is 5.97 Å². The number of nitrogens with one attached hydrogen (secondary N) is 1. The Kier molecular flexibility index (Phi) is 4.48. The second-order valence-electron chi connectivity index (χ2n) is 6.16. The van der Waals surface area contributed by atoms with Crippen LogP contribution < -0.4 is 5.32 Å². The Morgan fingerprint density at radius 1 is 1.19 bits per heavy atom. The minimum absolute atomic E-state index is 0.0289. The molecule has 0 saturated heterocycles. The van der Waals surface area contributed by atoms with Gasteiger partial charge in [-0.3, -0.25) is 0 Å². The van der Waals surface area contributed by atoms with Crippen LogP contribution in [0.2, 0.25) is 0 Å². The van der Waals surface area contributed by atoms with Crippen molar-refractivity contribution in [1.29, 1.82) is 0 Å². The van der Waals surface area contributed by atoms with Crippen LogP contribution in [0.4, 0.5) is 0 Å². The molecule has 4 nitrogen and oxygen atoms in total. The number of carbonyl (C=O) groups is 1. The van der Waals surface area contributed by atoms with Gasteiger partial charge < -0.3 is 14.8 Å². The molecule has 0 fully saturated rings. The molecule has 0 aliphatic heterocycles. The summed E-state index contributed by atoms with van der Waals surface area (Å²) in [5, 5.41) is 12.3. The third-order valence-electron chi connectivity index (χ3n) is 3.35. The zero-order valence-corrected chi connectivity index (χ0v) is 12.6. The summed E-state index contributed by atoms with van der Waals surface area (Å²) in [6.07, 6.45) is 0. The molecule has 0 radical (unpaired) electrons. The summed E-state index contributed by atoms with van der Waals surface area (Å²) in [5.41, 5.74) is 1.24. The fourth-order valence-corrected chi connectivity index (χ4v) is 2.36. The summed E-state index contributed by atoms with van der Waals surface area (Å²) in [4.78, 5) is 10.8. The maximum absolute atomic E-state index is 10.8. The molecule has 2 N–H and O–H groups in total. The van der Waals surface area contributed by atoms with E-state index in [9.17, 15) is 4.79 Å². The van der Waals surface area contributed by atoms with Gasteiger partial charge in [-0.05, 0) is 23.1 Å². The summed E-state index contributed by atoms with van der Waals surface area (Å²) in [5.74, 6) is -0.451. The van der Waals surface area contributed by atoms with Crippen LogP contribution in [0.15, 0.2) is 46.9 Å². The van der Waals surface area contributed by atoms with Crippen LogP contribution >= 0.6 is 0 Å². The van der Waals surface area contributed by atoms with Crippen molar-refractivity contribution >= 4 is 5.97 Å². The molecule has 1 atom stereocenters. The van der Waals surface area contributed by atoms with Crippen LogP contribution in [-0.4, -0.2) is 11.1 Å². The van der Waals surface area contributed by atoms with Crippen molar-refractivity contribution < 1.29 is 14.3 Å². The fourth-order valence-electron chi connectivity index (χ4n) is 2.36. The van der Waals surface area contributed by atoms with Gasteiger partial charge in [0.25, 0.3) is 0 Å². The molecule has 21 heavy (non-hydrogen) atoms. The SMILES string of the molecule is CC(C)(C)C(NCc1ccc(C(=O)O)o1)c1ccccc1. The van der Waals surface area contributed by atoms with E-state index in [4.69, 9.17) is 9.52 Å². The first-order valence-electron chi connectivity index (χ1n) is 6.98. The van der Waals surface area contributed by atoms with Crippen molar-refractivity contribution in [3.8, 4) is 0 Å². The van der Waals surface area contributed by atoms with Crippen LogP contribution in [0.5, 0.6) is 0 Å². The highest BCUT2D eigenvalue weighted by Crippen LogP contribution is 2.32. The molecular formula is C17H21NO3. The molecule has 1 heterocycles. The summed E-state index contributed by atoms with van der Waals surface area (Å²) in [6, 6.07) is 13.5. The highest BCUT2D eigenvalue weighted by Gasteiger charge is 2.26. The number of rotatable bonds is 5. The summed E-state index contributed by atoms with van der Waals surface area (Å²) < 4.78 is 5.28. The van der Waals surface area contributed by atoms with Gasteiger partial charge in [0.2, 0.25) is 5.76 Å². The lowest BCUT2D eigenvalue weighted by Gasteiger charge is -2.32. The van der Waals surface area contributed by atoms with Gasteiger partial charge in [-0.2, -0.15) is 0 Å². The molecular weight excluding hydrogens is 266 g/mol. The molecule has 0 bridgehead atoms. The van der Waals surface area contributed by atoms with Crippen molar-refractivity contribution in [3.63, 3.8) is 0 Å². The number of carboxylic acid groups (broad SMARTS) is 1. The zero-order chi connectivity index (χ0) is 15.5. The lowest BCUT2D eigenvalue weighted by Crippen LogP contribution is -2.31. The number of benzene rings is 1. The number of aromatic carboxylic acids is 1. The van der Waals surface area contributed by atoms with Gasteiger partial charge in [-0.1, -0.05) is 51.1 Å². The Morgan fingerprint density at radius 2 is 1.86 bits per heavy atom. The lowest BCUT2D eigenvalue weighted by atomic mass is 9.82. The van der Waals surface area contributed by atoms with Crippen molar-refractivity contribution in [1.82, 2.24) is 5.32 Å². The van der Waals surface area contributed by atoms with E-state index >= 15 is 0 Å². The minimum atomic E-state index is -1.04. The van der Waals surface area contributed by atoms with E-state index in [0.717, 1.165) is 0 Å². The summed E-state index contributed by atoms with van der Waals surface area (Å²) >= 11 is 0. The smallest absolute Gasteiger partial charge is 0.371 e. The first kappa shape index (κ1) is 15.3. The van der Waals surface area contributed by atoms with E-state index in [2.05, 4.69) is 38.2 Å². The van der Waals surface area contributed by atoms with E-state index in [0.29, 0.717) is 12.3 Å². The van der Waals surface area contributed by atoms with E-state index < -0.39 is 5.97 Å². The van der Waals surface area contributed by atoms with Crippen LogP contribution in [0, 0.1) is 5.41 Å². The van der Waals surface area contributed by atoms with Crippen molar-refractivity contribution in [2.24, 2.45) is 5.41 Å². The minimum Gasteiger partial charge on any atom is -0.475 e. The standard InChI is InChI=1S/C17H21NO3/c1-17(2,3)15(12-7-5-4-6-8-12)18-11-13-9-10-14(21-13)16(19)20/h4-10,15,18H,11H2,1-3H3,(H,19,20). The van der Waals surface area contributed by atoms with Gasteiger partial charge in [0, 0.05) is 6.04 Å². The Labute approximate surface area is 124 Å². The van der Waals surface area contributed by atoms with Gasteiger partial charge in [-0.25, -0.2) is 4.79 Å². The molecule has 1 aromatic carbocycles. The van der Waals surface area contributed by atoms with Crippen molar-refractivity contribution in [2.45, 2.75) is 33.4 Å². The van der Waals surface area contributed by atoms with E-state index in [1.54, 1.807) is 6.07 Å². The largest absolute Gasteiger partial charge is 0.475 e. The molecule has 1 unspecified atom stereocenters. The molecule has 1 aromatic heterocycles. The number of hydrogen-bond acceptors (Lipinski definition) is 3. The first-order chi connectivity index (χ1) is 9.88. The monoisotopic (exact) mass is 287 g/mol. The molecule has 2 aromatic rings. The predicted octanol–water partition coefficient (Wildman–Crippen LogP) is 3.85.